The van der Waals surface area contributed by atoms with Crippen molar-refractivity contribution in [3.8, 4) is 0 Å². The Kier molecular flexibility index (Phi) is 8.00. The van der Waals surface area contributed by atoms with Gasteiger partial charge in [-0.05, 0) is 37.5 Å². The fourth-order valence-corrected chi connectivity index (χ4v) is 3.75. The Morgan fingerprint density at radius 2 is 2.06 bits per heavy atom. The monoisotopic (exact) mass is 456 g/mol. The highest BCUT2D eigenvalue weighted by Gasteiger charge is 2.43. The summed E-state index contributed by atoms with van der Waals surface area (Å²) >= 11 is 0. The van der Waals surface area contributed by atoms with Gasteiger partial charge >= 0.3 is 6.18 Å². The summed E-state index contributed by atoms with van der Waals surface area (Å²) in [5, 5.41) is 2.60. The Labute approximate surface area is 183 Å². The lowest BCUT2D eigenvalue weighted by Gasteiger charge is -2.32. The summed E-state index contributed by atoms with van der Waals surface area (Å²) in [6.45, 7) is 0.893. The molecule has 2 aliphatic carbocycles. The summed E-state index contributed by atoms with van der Waals surface area (Å²) in [7, 11) is 1.58. The number of ether oxygens (including phenoxy) is 3. The number of anilines is 1. The molecule has 10 heteroatoms. The van der Waals surface area contributed by atoms with Gasteiger partial charge in [0, 0.05) is 37.9 Å². The lowest BCUT2D eigenvalue weighted by molar-refractivity contribution is -0.167. The molecule has 0 radical (unpaired) electrons. The Hall–Kier alpha value is -2.75. The molecule has 176 valence electrons. The van der Waals surface area contributed by atoms with Crippen molar-refractivity contribution in [2.24, 2.45) is 11.8 Å². The van der Waals surface area contributed by atoms with E-state index in [4.69, 9.17) is 14.2 Å². The zero-order valence-electron chi connectivity index (χ0n) is 17.7. The maximum atomic E-state index is 13.3. The van der Waals surface area contributed by atoms with E-state index in [1.54, 1.807) is 7.11 Å². The SMILES string of the molecule is COCCOC1=CCC(OC2=CC(C(F)(F)F)CCC2C(=O)Nc2cc[nH]c(=O)c2)CC1. The number of carbonyl (C=O) groups excluding carboxylic acids is 1. The largest absolute Gasteiger partial charge is 0.496 e. The molecule has 3 unspecified atom stereocenters. The first-order chi connectivity index (χ1) is 15.3. The van der Waals surface area contributed by atoms with Crippen LogP contribution >= 0.6 is 0 Å². The molecule has 0 saturated heterocycles. The van der Waals surface area contributed by atoms with Crippen molar-refractivity contribution >= 4 is 11.6 Å². The number of carbonyl (C=O) groups is 1. The summed E-state index contributed by atoms with van der Waals surface area (Å²) in [5.74, 6) is -2.19. The number of amides is 1. The predicted molar refractivity (Wildman–Crippen MR) is 111 cm³/mol. The van der Waals surface area contributed by atoms with Gasteiger partial charge < -0.3 is 24.5 Å². The number of halogens is 3. The number of hydrogen-bond donors (Lipinski definition) is 2. The quantitative estimate of drug-likeness (QED) is 0.579. The predicted octanol–water partition coefficient (Wildman–Crippen LogP) is 3.90. The third-order valence-electron chi connectivity index (χ3n) is 5.45. The van der Waals surface area contributed by atoms with Crippen LogP contribution in [0.25, 0.3) is 0 Å². The van der Waals surface area contributed by atoms with Gasteiger partial charge in [0.25, 0.3) is 0 Å². The van der Waals surface area contributed by atoms with Crippen LogP contribution < -0.4 is 10.9 Å². The summed E-state index contributed by atoms with van der Waals surface area (Å²) in [4.78, 5) is 26.7. The second kappa shape index (κ2) is 10.7. The van der Waals surface area contributed by atoms with Crippen LogP contribution in [-0.2, 0) is 19.0 Å². The third kappa shape index (κ3) is 6.62. The van der Waals surface area contributed by atoms with E-state index in [9.17, 15) is 22.8 Å². The molecule has 0 aromatic carbocycles. The van der Waals surface area contributed by atoms with E-state index in [0.29, 0.717) is 32.5 Å². The average Bonchev–Trinajstić information content (AvgIpc) is 2.74. The van der Waals surface area contributed by atoms with E-state index >= 15 is 0 Å². The number of allylic oxidation sites excluding steroid dienone is 2. The molecule has 2 aliphatic rings. The standard InChI is InChI=1S/C22H27F3N2O5/c1-30-10-11-31-16-3-5-17(6-4-16)32-19-12-14(22(23,24)25)2-7-18(19)21(29)27-15-8-9-26-20(28)13-15/h3,8-9,12-14,17-18H,2,4-7,10-11H2,1H3,(H2,26,27,28,29). The molecule has 0 spiro atoms. The number of methoxy groups -OCH3 is 1. The topological polar surface area (TPSA) is 89.7 Å². The Morgan fingerprint density at radius 3 is 2.72 bits per heavy atom. The van der Waals surface area contributed by atoms with E-state index < -0.39 is 29.5 Å². The van der Waals surface area contributed by atoms with E-state index in [-0.39, 0.29) is 30.4 Å². The molecule has 1 heterocycles. The zero-order chi connectivity index (χ0) is 23.1. The number of H-pyrrole nitrogens is 1. The van der Waals surface area contributed by atoms with Crippen molar-refractivity contribution < 1.29 is 32.2 Å². The maximum absolute atomic E-state index is 13.3. The van der Waals surface area contributed by atoms with Gasteiger partial charge in [-0.15, -0.1) is 0 Å². The molecule has 3 atom stereocenters. The summed E-state index contributed by atoms with van der Waals surface area (Å²) in [6, 6.07) is 2.71. The first-order valence-electron chi connectivity index (χ1n) is 10.5. The fourth-order valence-electron chi connectivity index (χ4n) is 3.75. The Bertz CT molecular complexity index is 909. The van der Waals surface area contributed by atoms with Gasteiger partial charge in [-0.1, -0.05) is 0 Å². The first-order valence-corrected chi connectivity index (χ1v) is 10.5. The molecule has 0 aliphatic heterocycles. The number of rotatable bonds is 8. The molecular weight excluding hydrogens is 429 g/mol. The van der Waals surface area contributed by atoms with E-state index in [1.165, 1.54) is 18.3 Å². The van der Waals surface area contributed by atoms with Crippen molar-refractivity contribution in [3.05, 3.63) is 52.4 Å². The van der Waals surface area contributed by atoms with E-state index in [0.717, 1.165) is 11.8 Å². The maximum Gasteiger partial charge on any atom is 0.395 e. The number of pyridine rings is 1. The van der Waals surface area contributed by atoms with Crippen molar-refractivity contribution in [2.45, 2.75) is 44.4 Å². The fraction of sp³-hybridized carbons (Fsp3) is 0.545. The van der Waals surface area contributed by atoms with Crippen molar-refractivity contribution in [3.63, 3.8) is 0 Å². The van der Waals surface area contributed by atoms with Crippen LogP contribution in [0.4, 0.5) is 18.9 Å². The number of aromatic amines is 1. The molecular formula is C22H27F3N2O5. The van der Waals surface area contributed by atoms with Gasteiger partial charge in [-0.25, -0.2) is 0 Å². The molecule has 32 heavy (non-hydrogen) atoms. The highest BCUT2D eigenvalue weighted by Crippen LogP contribution is 2.40. The molecule has 0 bridgehead atoms. The normalized spacial score (nSPS) is 23.7. The molecule has 2 N–H and O–H groups in total. The summed E-state index contributed by atoms with van der Waals surface area (Å²) in [5.41, 5.74) is -0.123. The molecule has 1 amide bonds. The zero-order valence-corrected chi connectivity index (χ0v) is 17.7. The van der Waals surface area contributed by atoms with Crippen LogP contribution in [0, 0.1) is 11.8 Å². The molecule has 7 nitrogen and oxygen atoms in total. The summed E-state index contributed by atoms with van der Waals surface area (Å²) in [6.07, 6.45) is 0.939. The summed E-state index contributed by atoms with van der Waals surface area (Å²) < 4.78 is 56.5. The van der Waals surface area contributed by atoms with Gasteiger partial charge in [0.05, 0.1) is 24.2 Å². The second-order valence-corrected chi connectivity index (χ2v) is 7.80. The van der Waals surface area contributed by atoms with Gasteiger partial charge in [0.2, 0.25) is 11.5 Å². The molecule has 3 rings (SSSR count). The van der Waals surface area contributed by atoms with Crippen molar-refractivity contribution in [1.29, 1.82) is 0 Å². The van der Waals surface area contributed by atoms with Crippen LogP contribution in [0.2, 0.25) is 0 Å². The molecule has 1 aromatic rings. The number of aromatic nitrogens is 1. The molecule has 0 saturated carbocycles. The van der Waals surface area contributed by atoms with Crippen LogP contribution in [0.3, 0.4) is 0 Å². The van der Waals surface area contributed by atoms with Crippen LogP contribution in [0.1, 0.15) is 32.1 Å². The highest BCUT2D eigenvalue weighted by molar-refractivity contribution is 5.94. The van der Waals surface area contributed by atoms with Gasteiger partial charge in [0.1, 0.15) is 18.5 Å². The molecule has 1 aromatic heterocycles. The Morgan fingerprint density at radius 1 is 1.25 bits per heavy atom. The lowest BCUT2D eigenvalue weighted by atomic mass is 9.85. The molecule has 0 fully saturated rings. The van der Waals surface area contributed by atoms with Crippen LogP contribution in [0.5, 0.6) is 0 Å². The van der Waals surface area contributed by atoms with Gasteiger partial charge in [0.15, 0.2) is 0 Å². The first kappa shape index (κ1) is 23.9. The third-order valence-corrected chi connectivity index (χ3v) is 5.45. The van der Waals surface area contributed by atoms with E-state index in [1.807, 2.05) is 6.08 Å². The highest BCUT2D eigenvalue weighted by atomic mass is 19.4. The minimum absolute atomic E-state index is 0.00102. The second-order valence-electron chi connectivity index (χ2n) is 7.80. The lowest BCUT2D eigenvalue weighted by Crippen LogP contribution is -2.34. The Balaban J connectivity index is 1.70. The van der Waals surface area contributed by atoms with Gasteiger partial charge in [-0.2, -0.15) is 13.2 Å². The van der Waals surface area contributed by atoms with Crippen LogP contribution in [-0.4, -0.2) is 43.5 Å². The number of nitrogens with one attached hydrogen (secondary N) is 2. The van der Waals surface area contributed by atoms with Gasteiger partial charge in [-0.3, -0.25) is 9.59 Å². The van der Waals surface area contributed by atoms with Crippen molar-refractivity contribution in [1.82, 2.24) is 4.98 Å². The van der Waals surface area contributed by atoms with E-state index in [2.05, 4.69) is 10.3 Å². The van der Waals surface area contributed by atoms with Crippen LogP contribution in [0.15, 0.2) is 46.8 Å². The number of hydrogen-bond acceptors (Lipinski definition) is 5. The number of alkyl halides is 3. The smallest absolute Gasteiger partial charge is 0.395 e. The minimum atomic E-state index is -4.41. The van der Waals surface area contributed by atoms with Crippen molar-refractivity contribution in [2.75, 3.05) is 25.6 Å². The average molecular weight is 456 g/mol. The minimum Gasteiger partial charge on any atom is -0.496 e.